The van der Waals surface area contributed by atoms with Crippen molar-refractivity contribution in [2.45, 2.75) is 6.92 Å². The van der Waals surface area contributed by atoms with Gasteiger partial charge in [0, 0.05) is 34.6 Å². The summed E-state index contributed by atoms with van der Waals surface area (Å²) in [6, 6.07) is 14.3. The van der Waals surface area contributed by atoms with E-state index >= 15 is 0 Å². The first-order valence-corrected chi connectivity index (χ1v) is 5.61. The predicted octanol–water partition coefficient (Wildman–Crippen LogP) is 3.61. The minimum absolute atomic E-state index is 1.03. The molecule has 0 aliphatic heterocycles. The van der Waals surface area contributed by atoms with Crippen LogP contribution >= 0.6 is 0 Å². The third kappa shape index (κ3) is 1.78. The molecule has 0 radical (unpaired) electrons. The van der Waals surface area contributed by atoms with Gasteiger partial charge in [-0.1, -0.05) is 24.3 Å². The van der Waals surface area contributed by atoms with Crippen molar-refractivity contribution in [1.29, 1.82) is 0 Å². The Morgan fingerprint density at radius 1 is 0.941 bits per heavy atom. The molecule has 0 saturated carbocycles. The van der Waals surface area contributed by atoms with Crippen LogP contribution in [0.3, 0.4) is 0 Å². The molecule has 1 aromatic carbocycles. The summed E-state index contributed by atoms with van der Waals surface area (Å²) >= 11 is 0. The molecule has 3 aromatic rings. The summed E-state index contributed by atoms with van der Waals surface area (Å²) in [6.07, 6.45) is 3.72. The Bertz CT molecular complexity index is 674. The second-order valence-corrected chi connectivity index (χ2v) is 4.05. The van der Waals surface area contributed by atoms with Crippen molar-refractivity contribution < 1.29 is 0 Å². The molecule has 0 aliphatic carbocycles. The fourth-order valence-electron chi connectivity index (χ4n) is 2.01. The lowest BCUT2D eigenvalue weighted by Gasteiger charge is -2.05. The monoisotopic (exact) mass is 220 g/mol. The summed E-state index contributed by atoms with van der Waals surface area (Å²) in [6.45, 7) is 2.02. The second kappa shape index (κ2) is 3.98. The van der Waals surface area contributed by atoms with Crippen molar-refractivity contribution in [1.82, 2.24) is 9.97 Å². The zero-order valence-corrected chi connectivity index (χ0v) is 9.59. The smallest absolute Gasteiger partial charge is 0.0702 e. The first kappa shape index (κ1) is 9.97. The number of pyridine rings is 2. The fraction of sp³-hybridized carbons (Fsp3) is 0.0667. The quantitative estimate of drug-likeness (QED) is 0.626. The number of aryl methyl sites for hydroxylation is 1. The molecule has 0 N–H and O–H groups in total. The van der Waals surface area contributed by atoms with Gasteiger partial charge in [-0.3, -0.25) is 9.97 Å². The van der Waals surface area contributed by atoms with Gasteiger partial charge in [-0.2, -0.15) is 0 Å². The van der Waals surface area contributed by atoms with E-state index in [1.807, 2.05) is 43.6 Å². The van der Waals surface area contributed by atoms with Crippen molar-refractivity contribution in [3.8, 4) is 11.1 Å². The Morgan fingerprint density at radius 3 is 2.71 bits per heavy atom. The summed E-state index contributed by atoms with van der Waals surface area (Å²) in [5.41, 5.74) is 4.32. The van der Waals surface area contributed by atoms with E-state index in [0.717, 1.165) is 27.7 Å². The van der Waals surface area contributed by atoms with Crippen LogP contribution in [0, 0.1) is 6.92 Å². The SMILES string of the molecule is Cc1ncccc1-c1cnc2ccccc2c1. The zero-order valence-electron chi connectivity index (χ0n) is 9.59. The number of aromatic nitrogens is 2. The van der Waals surface area contributed by atoms with E-state index < -0.39 is 0 Å². The van der Waals surface area contributed by atoms with Gasteiger partial charge in [-0.15, -0.1) is 0 Å². The zero-order chi connectivity index (χ0) is 11.7. The van der Waals surface area contributed by atoms with Gasteiger partial charge in [0.15, 0.2) is 0 Å². The lowest BCUT2D eigenvalue weighted by atomic mass is 10.0. The van der Waals surface area contributed by atoms with Crippen LogP contribution in [0.1, 0.15) is 5.69 Å². The number of nitrogens with zero attached hydrogens (tertiary/aromatic N) is 2. The molecule has 0 bridgehead atoms. The molecule has 0 spiro atoms. The number of fused-ring (bicyclic) bond motifs is 1. The molecule has 2 nitrogen and oxygen atoms in total. The Morgan fingerprint density at radius 2 is 1.82 bits per heavy atom. The maximum Gasteiger partial charge on any atom is 0.0702 e. The van der Waals surface area contributed by atoms with Gasteiger partial charge in [0.25, 0.3) is 0 Å². The number of rotatable bonds is 1. The second-order valence-electron chi connectivity index (χ2n) is 4.05. The van der Waals surface area contributed by atoms with Crippen LogP contribution in [0.2, 0.25) is 0 Å². The van der Waals surface area contributed by atoms with Gasteiger partial charge >= 0.3 is 0 Å². The summed E-state index contributed by atoms with van der Waals surface area (Å²) in [5.74, 6) is 0. The van der Waals surface area contributed by atoms with E-state index in [2.05, 4.69) is 28.2 Å². The van der Waals surface area contributed by atoms with E-state index in [-0.39, 0.29) is 0 Å². The molecule has 3 rings (SSSR count). The first-order valence-electron chi connectivity index (χ1n) is 5.61. The van der Waals surface area contributed by atoms with Crippen molar-refractivity contribution in [3.05, 3.63) is 60.6 Å². The average molecular weight is 220 g/mol. The van der Waals surface area contributed by atoms with E-state index in [1.165, 1.54) is 0 Å². The summed E-state index contributed by atoms with van der Waals surface area (Å²) in [4.78, 5) is 8.78. The highest BCUT2D eigenvalue weighted by molar-refractivity contribution is 5.83. The van der Waals surface area contributed by atoms with Crippen LogP contribution in [-0.2, 0) is 0 Å². The summed E-state index contributed by atoms with van der Waals surface area (Å²) in [5, 5.41) is 1.16. The fourth-order valence-corrected chi connectivity index (χ4v) is 2.01. The van der Waals surface area contributed by atoms with Gasteiger partial charge in [0.1, 0.15) is 0 Å². The van der Waals surface area contributed by atoms with Crippen molar-refractivity contribution in [2.24, 2.45) is 0 Å². The first-order chi connectivity index (χ1) is 8.34. The lowest BCUT2D eigenvalue weighted by Crippen LogP contribution is -1.88. The molecule has 0 fully saturated rings. The van der Waals surface area contributed by atoms with Crippen molar-refractivity contribution in [2.75, 3.05) is 0 Å². The maximum absolute atomic E-state index is 4.47. The van der Waals surface area contributed by atoms with Crippen LogP contribution in [0.4, 0.5) is 0 Å². The van der Waals surface area contributed by atoms with Gasteiger partial charge in [-0.05, 0) is 25.1 Å². The van der Waals surface area contributed by atoms with E-state index in [9.17, 15) is 0 Å². The van der Waals surface area contributed by atoms with E-state index in [1.54, 1.807) is 0 Å². The third-order valence-electron chi connectivity index (χ3n) is 2.91. The van der Waals surface area contributed by atoms with Crippen LogP contribution in [0.25, 0.3) is 22.0 Å². The van der Waals surface area contributed by atoms with E-state index in [4.69, 9.17) is 0 Å². The van der Waals surface area contributed by atoms with Gasteiger partial charge in [0.05, 0.1) is 5.52 Å². The normalized spacial score (nSPS) is 10.6. The van der Waals surface area contributed by atoms with E-state index in [0.29, 0.717) is 0 Å². The number of hydrogen-bond donors (Lipinski definition) is 0. The van der Waals surface area contributed by atoms with Crippen LogP contribution in [-0.4, -0.2) is 9.97 Å². The molecule has 2 heterocycles. The van der Waals surface area contributed by atoms with Crippen LogP contribution in [0.5, 0.6) is 0 Å². The molecule has 2 aromatic heterocycles. The topological polar surface area (TPSA) is 25.8 Å². The Labute approximate surface area is 100.0 Å². The highest BCUT2D eigenvalue weighted by Gasteiger charge is 2.03. The van der Waals surface area contributed by atoms with Crippen LogP contribution in [0.15, 0.2) is 54.9 Å². The molecular weight excluding hydrogens is 208 g/mol. The van der Waals surface area contributed by atoms with Gasteiger partial charge in [-0.25, -0.2) is 0 Å². The van der Waals surface area contributed by atoms with Crippen LogP contribution < -0.4 is 0 Å². The highest BCUT2D eigenvalue weighted by atomic mass is 14.7. The Balaban J connectivity index is 2.22. The van der Waals surface area contributed by atoms with Gasteiger partial charge < -0.3 is 0 Å². The van der Waals surface area contributed by atoms with Crippen molar-refractivity contribution in [3.63, 3.8) is 0 Å². The molecule has 0 saturated heterocycles. The maximum atomic E-state index is 4.47. The molecule has 0 amide bonds. The molecule has 0 unspecified atom stereocenters. The summed E-state index contributed by atoms with van der Waals surface area (Å²) < 4.78 is 0. The standard InChI is InChI=1S/C15H12N2/c1-11-14(6-4-8-16-11)13-9-12-5-2-3-7-15(12)17-10-13/h2-10H,1H3. The Hall–Kier alpha value is -2.22. The van der Waals surface area contributed by atoms with Gasteiger partial charge in [0.2, 0.25) is 0 Å². The molecule has 0 aliphatic rings. The molecular formula is C15H12N2. The number of hydrogen-bond acceptors (Lipinski definition) is 2. The lowest BCUT2D eigenvalue weighted by molar-refractivity contribution is 1.20. The molecule has 2 heteroatoms. The number of para-hydroxylation sites is 1. The largest absolute Gasteiger partial charge is 0.261 e. The minimum Gasteiger partial charge on any atom is -0.261 e. The summed E-state index contributed by atoms with van der Waals surface area (Å²) in [7, 11) is 0. The third-order valence-corrected chi connectivity index (χ3v) is 2.91. The predicted molar refractivity (Wildman–Crippen MR) is 69.7 cm³/mol. The Kier molecular flexibility index (Phi) is 2.33. The highest BCUT2D eigenvalue weighted by Crippen LogP contribution is 2.24. The average Bonchev–Trinajstić information content (AvgIpc) is 2.39. The molecule has 0 atom stereocenters. The number of benzene rings is 1. The van der Waals surface area contributed by atoms with Crippen molar-refractivity contribution >= 4 is 10.9 Å². The molecule has 82 valence electrons. The minimum atomic E-state index is 1.03. The molecule has 17 heavy (non-hydrogen) atoms.